The second-order valence-electron chi connectivity index (χ2n) is 5.89. The van der Waals surface area contributed by atoms with Gasteiger partial charge in [-0.05, 0) is 43.2 Å². The molecule has 3 nitrogen and oxygen atoms in total. The van der Waals surface area contributed by atoms with Crippen LogP contribution in [0.4, 0.5) is 17.6 Å². The van der Waals surface area contributed by atoms with Crippen molar-refractivity contribution in [2.45, 2.75) is 36.5 Å². The molecule has 0 saturated heterocycles. The van der Waals surface area contributed by atoms with E-state index in [4.69, 9.17) is 0 Å². The SMILES string of the molecule is O=S(=O)(c1ccc(C(F)(F)F)cc1)N(Cc1ccccc1F)C1CC1. The molecule has 0 N–H and O–H groups in total. The van der Waals surface area contributed by atoms with Crippen LogP contribution < -0.4 is 0 Å². The molecule has 1 fully saturated rings. The third kappa shape index (κ3) is 3.85. The summed E-state index contributed by atoms with van der Waals surface area (Å²) in [5.74, 6) is -0.518. The highest BCUT2D eigenvalue weighted by molar-refractivity contribution is 7.89. The highest BCUT2D eigenvalue weighted by Gasteiger charge is 2.39. The predicted octanol–water partition coefficient (Wildman–Crippen LogP) is 4.20. The number of nitrogens with zero attached hydrogens (tertiary/aromatic N) is 1. The van der Waals surface area contributed by atoms with Crippen LogP contribution in [-0.4, -0.2) is 18.8 Å². The molecule has 2 aromatic rings. The van der Waals surface area contributed by atoms with Crippen molar-refractivity contribution < 1.29 is 26.0 Å². The van der Waals surface area contributed by atoms with Crippen LogP contribution in [0.3, 0.4) is 0 Å². The Morgan fingerprint density at radius 3 is 2.12 bits per heavy atom. The van der Waals surface area contributed by atoms with Gasteiger partial charge in [0, 0.05) is 18.2 Å². The van der Waals surface area contributed by atoms with E-state index in [1.54, 1.807) is 6.07 Å². The predicted molar refractivity (Wildman–Crippen MR) is 83.6 cm³/mol. The van der Waals surface area contributed by atoms with E-state index in [1.165, 1.54) is 18.2 Å². The van der Waals surface area contributed by atoms with Crippen molar-refractivity contribution >= 4 is 10.0 Å². The molecule has 8 heteroatoms. The molecule has 0 unspecified atom stereocenters. The molecule has 1 aliphatic carbocycles. The van der Waals surface area contributed by atoms with Crippen LogP contribution in [0.15, 0.2) is 53.4 Å². The van der Waals surface area contributed by atoms with Crippen LogP contribution in [0.2, 0.25) is 0 Å². The first-order chi connectivity index (χ1) is 11.7. The smallest absolute Gasteiger partial charge is 0.207 e. The molecule has 0 aromatic heterocycles. The Hall–Kier alpha value is -1.93. The van der Waals surface area contributed by atoms with Crippen LogP contribution in [0.25, 0.3) is 0 Å². The summed E-state index contributed by atoms with van der Waals surface area (Å²) < 4.78 is 78.6. The van der Waals surface area contributed by atoms with E-state index in [0.29, 0.717) is 12.8 Å². The molecule has 0 atom stereocenters. The normalized spacial score (nSPS) is 15.6. The van der Waals surface area contributed by atoms with Crippen LogP contribution in [-0.2, 0) is 22.7 Å². The van der Waals surface area contributed by atoms with Crippen molar-refractivity contribution in [3.05, 3.63) is 65.5 Å². The maximum absolute atomic E-state index is 13.9. The highest BCUT2D eigenvalue weighted by atomic mass is 32.2. The molecule has 2 aromatic carbocycles. The molecule has 0 aliphatic heterocycles. The van der Waals surface area contributed by atoms with Gasteiger partial charge in [0.15, 0.2) is 0 Å². The van der Waals surface area contributed by atoms with Crippen LogP contribution in [0.5, 0.6) is 0 Å². The quantitative estimate of drug-likeness (QED) is 0.737. The highest BCUT2D eigenvalue weighted by Crippen LogP contribution is 2.35. The summed E-state index contributed by atoms with van der Waals surface area (Å²) in [6.07, 6.45) is -3.24. The minimum absolute atomic E-state index is 0.152. The maximum Gasteiger partial charge on any atom is 0.416 e. The van der Waals surface area contributed by atoms with Gasteiger partial charge in [-0.1, -0.05) is 18.2 Å². The molecule has 25 heavy (non-hydrogen) atoms. The van der Waals surface area contributed by atoms with Gasteiger partial charge in [-0.25, -0.2) is 12.8 Å². The molecule has 3 rings (SSSR count). The first kappa shape index (κ1) is 17.9. The Bertz CT molecular complexity index is 859. The lowest BCUT2D eigenvalue weighted by Gasteiger charge is -2.22. The molecule has 134 valence electrons. The first-order valence-corrected chi connectivity index (χ1v) is 9.06. The Labute approximate surface area is 142 Å². The summed E-state index contributed by atoms with van der Waals surface area (Å²) in [4.78, 5) is -0.233. The minimum atomic E-state index is -4.54. The van der Waals surface area contributed by atoms with Crippen LogP contribution >= 0.6 is 0 Å². The summed E-state index contributed by atoms with van der Waals surface area (Å²) in [7, 11) is -4.02. The van der Waals surface area contributed by atoms with Crippen molar-refractivity contribution in [1.29, 1.82) is 0 Å². The number of hydrogen-bond donors (Lipinski definition) is 0. The number of rotatable bonds is 5. The zero-order valence-corrected chi connectivity index (χ0v) is 13.8. The third-order valence-electron chi connectivity index (χ3n) is 4.03. The molecular formula is C17H15F4NO2S. The zero-order valence-electron chi connectivity index (χ0n) is 13.0. The first-order valence-electron chi connectivity index (χ1n) is 7.62. The topological polar surface area (TPSA) is 37.4 Å². The van der Waals surface area contributed by atoms with Gasteiger partial charge in [-0.2, -0.15) is 17.5 Å². The Kier molecular flexibility index (Phi) is 4.59. The minimum Gasteiger partial charge on any atom is -0.207 e. The van der Waals surface area contributed by atoms with Gasteiger partial charge in [0.05, 0.1) is 10.5 Å². The lowest BCUT2D eigenvalue weighted by molar-refractivity contribution is -0.137. The monoisotopic (exact) mass is 373 g/mol. The van der Waals surface area contributed by atoms with Gasteiger partial charge >= 0.3 is 6.18 Å². The fraction of sp³-hybridized carbons (Fsp3) is 0.294. The summed E-state index contributed by atoms with van der Waals surface area (Å²) in [6.45, 7) is -0.152. The third-order valence-corrected chi connectivity index (χ3v) is 5.94. The average molecular weight is 373 g/mol. The van der Waals surface area contributed by atoms with Gasteiger partial charge < -0.3 is 0 Å². The summed E-state index contributed by atoms with van der Waals surface area (Å²) in [6, 6.07) is 8.94. The fourth-order valence-corrected chi connectivity index (χ4v) is 4.18. The number of alkyl halides is 3. The maximum atomic E-state index is 13.9. The van der Waals surface area contributed by atoms with Crippen molar-refractivity contribution in [3.63, 3.8) is 0 Å². The summed E-state index contributed by atoms with van der Waals surface area (Å²) >= 11 is 0. The van der Waals surface area contributed by atoms with Crippen molar-refractivity contribution in [3.8, 4) is 0 Å². The average Bonchev–Trinajstić information content (AvgIpc) is 3.38. The zero-order chi connectivity index (χ0) is 18.2. The van der Waals surface area contributed by atoms with E-state index in [0.717, 1.165) is 28.6 Å². The largest absolute Gasteiger partial charge is 0.416 e. The second kappa shape index (κ2) is 6.42. The van der Waals surface area contributed by atoms with E-state index >= 15 is 0 Å². The van der Waals surface area contributed by atoms with Crippen LogP contribution in [0.1, 0.15) is 24.0 Å². The van der Waals surface area contributed by atoms with Crippen molar-refractivity contribution in [2.24, 2.45) is 0 Å². The second-order valence-corrected chi connectivity index (χ2v) is 7.79. The van der Waals surface area contributed by atoms with E-state index in [2.05, 4.69) is 0 Å². The van der Waals surface area contributed by atoms with Gasteiger partial charge in [0.1, 0.15) is 5.82 Å². The summed E-state index contributed by atoms with van der Waals surface area (Å²) in [5, 5.41) is 0. The molecular weight excluding hydrogens is 358 g/mol. The van der Waals surface area contributed by atoms with E-state index in [-0.39, 0.29) is 23.0 Å². The number of hydrogen-bond acceptors (Lipinski definition) is 2. The standard InChI is InChI=1S/C17H15F4NO2S/c18-16-4-2-1-3-12(16)11-22(14-7-8-14)25(23,24)15-9-5-13(6-10-15)17(19,20)21/h1-6,9-10,14H,7-8,11H2. The molecule has 1 aliphatic rings. The molecule has 0 radical (unpaired) electrons. The van der Waals surface area contributed by atoms with E-state index in [9.17, 15) is 26.0 Å². The van der Waals surface area contributed by atoms with Crippen LogP contribution in [0, 0.1) is 5.82 Å². The van der Waals surface area contributed by atoms with Gasteiger partial charge in [-0.3, -0.25) is 0 Å². The van der Waals surface area contributed by atoms with Gasteiger partial charge in [0.2, 0.25) is 10.0 Å². The van der Waals surface area contributed by atoms with Gasteiger partial charge in [0.25, 0.3) is 0 Å². The number of benzene rings is 2. The van der Waals surface area contributed by atoms with Crippen molar-refractivity contribution in [2.75, 3.05) is 0 Å². The summed E-state index contributed by atoms with van der Waals surface area (Å²) in [5.41, 5.74) is -0.691. The Morgan fingerprint density at radius 1 is 1.00 bits per heavy atom. The van der Waals surface area contributed by atoms with E-state index in [1.807, 2.05) is 0 Å². The van der Waals surface area contributed by atoms with Crippen molar-refractivity contribution in [1.82, 2.24) is 4.31 Å². The molecule has 0 spiro atoms. The molecule has 1 saturated carbocycles. The number of sulfonamides is 1. The Balaban J connectivity index is 1.91. The van der Waals surface area contributed by atoms with Gasteiger partial charge in [-0.15, -0.1) is 0 Å². The van der Waals surface area contributed by atoms with E-state index < -0.39 is 27.6 Å². The molecule has 0 bridgehead atoms. The lowest BCUT2D eigenvalue weighted by atomic mass is 10.2. The molecule has 0 heterocycles. The Morgan fingerprint density at radius 2 is 1.60 bits per heavy atom. The lowest BCUT2D eigenvalue weighted by Crippen LogP contribution is -2.33. The fourth-order valence-electron chi connectivity index (χ4n) is 2.52. The number of halogens is 4. The molecule has 0 amide bonds.